The van der Waals surface area contributed by atoms with Crippen molar-refractivity contribution in [3.8, 4) is 0 Å². The summed E-state index contributed by atoms with van der Waals surface area (Å²) in [5.74, 6) is 0.497. The van der Waals surface area contributed by atoms with Crippen molar-refractivity contribution in [1.82, 2.24) is 4.90 Å². The van der Waals surface area contributed by atoms with E-state index in [0.29, 0.717) is 5.92 Å². The lowest BCUT2D eigenvalue weighted by Crippen LogP contribution is -2.26. The standard InChI is InChI=1S/C10H21NO2/c1-8(10(12)13)9-4-3-6-11(2)7-5-9/h8-10,12-13H,3-7H2,1-2H3. The minimum absolute atomic E-state index is 0.0199. The molecule has 1 aliphatic rings. The molecule has 1 saturated heterocycles. The molecule has 1 fully saturated rings. The zero-order valence-electron chi connectivity index (χ0n) is 8.61. The average molecular weight is 187 g/mol. The highest BCUT2D eigenvalue weighted by Gasteiger charge is 2.24. The van der Waals surface area contributed by atoms with Crippen molar-refractivity contribution in [2.75, 3.05) is 20.1 Å². The van der Waals surface area contributed by atoms with Gasteiger partial charge in [0.05, 0.1) is 0 Å². The molecule has 13 heavy (non-hydrogen) atoms. The van der Waals surface area contributed by atoms with E-state index in [-0.39, 0.29) is 5.92 Å². The molecule has 0 aromatic heterocycles. The fraction of sp³-hybridized carbons (Fsp3) is 1.00. The molecule has 0 bridgehead atoms. The van der Waals surface area contributed by atoms with E-state index in [1.54, 1.807) is 0 Å². The highest BCUT2D eigenvalue weighted by molar-refractivity contribution is 4.73. The fourth-order valence-electron chi connectivity index (χ4n) is 2.03. The van der Waals surface area contributed by atoms with Gasteiger partial charge in [0.1, 0.15) is 0 Å². The van der Waals surface area contributed by atoms with Crippen LogP contribution < -0.4 is 0 Å². The maximum Gasteiger partial charge on any atom is 0.154 e. The van der Waals surface area contributed by atoms with Gasteiger partial charge in [0, 0.05) is 5.92 Å². The lowest BCUT2D eigenvalue weighted by Gasteiger charge is -2.23. The van der Waals surface area contributed by atoms with Gasteiger partial charge in [0.2, 0.25) is 0 Å². The molecule has 78 valence electrons. The summed E-state index contributed by atoms with van der Waals surface area (Å²) in [6, 6.07) is 0. The predicted molar refractivity (Wildman–Crippen MR) is 52.2 cm³/mol. The summed E-state index contributed by atoms with van der Waals surface area (Å²) in [6.45, 7) is 4.16. The van der Waals surface area contributed by atoms with Crippen LogP contribution in [0.15, 0.2) is 0 Å². The number of hydrogen-bond acceptors (Lipinski definition) is 3. The molecule has 0 amide bonds. The van der Waals surface area contributed by atoms with Crippen LogP contribution in [-0.2, 0) is 0 Å². The molecule has 0 aromatic rings. The lowest BCUT2D eigenvalue weighted by atomic mass is 9.87. The van der Waals surface area contributed by atoms with E-state index >= 15 is 0 Å². The number of hydrogen-bond donors (Lipinski definition) is 2. The van der Waals surface area contributed by atoms with Crippen LogP contribution >= 0.6 is 0 Å². The molecule has 0 saturated carbocycles. The van der Waals surface area contributed by atoms with E-state index < -0.39 is 6.29 Å². The van der Waals surface area contributed by atoms with Crippen LogP contribution in [0.25, 0.3) is 0 Å². The first-order valence-corrected chi connectivity index (χ1v) is 5.16. The topological polar surface area (TPSA) is 43.7 Å². The number of aliphatic hydroxyl groups excluding tert-OH is 1. The van der Waals surface area contributed by atoms with Crippen molar-refractivity contribution in [2.24, 2.45) is 11.8 Å². The van der Waals surface area contributed by atoms with Gasteiger partial charge in [-0.3, -0.25) is 0 Å². The second kappa shape index (κ2) is 4.94. The van der Waals surface area contributed by atoms with E-state index in [2.05, 4.69) is 11.9 Å². The Labute approximate surface area is 80.4 Å². The summed E-state index contributed by atoms with van der Waals surface area (Å²) in [6.07, 6.45) is 2.25. The first-order chi connectivity index (χ1) is 6.11. The molecule has 1 rings (SSSR count). The third-order valence-corrected chi connectivity index (χ3v) is 3.21. The molecule has 0 radical (unpaired) electrons. The van der Waals surface area contributed by atoms with Gasteiger partial charge in [-0.2, -0.15) is 0 Å². The Hall–Kier alpha value is -0.120. The molecule has 3 nitrogen and oxygen atoms in total. The van der Waals surface area contributed by atoms with Crippen molar-refractivity contribution in [3.05, 3.63) is 0 Å². The smallest absolute Gasteiger partial charge is 0.154 e. The van der Waals surface area contributed by atoms with Crippen LogP contribution in [-0.4, -0.2) is 41.5 Å². The Kier molecular flexibility index (Phi) is 4.16. The zero-order chi connectivity index (χ0) is 9.84. The van der Waals surface area contributed by atoms with Crippen LogP contribution in [0.5, 0.6) is 0 Å². The molecule has 1 heterocycles. The largest absolute Gasteiger partial charge is 0.368 e. The predicted octanol–water partition coefficient (Wildman–Crippen LogP) is 0.665. The highest BCUT2D eigenvalue weighted by Crippen LogP contribution is 2.25. The summed E-state index contributed by atoms with van der Waals surface area (Å²) >= 11 is 0. The van der Waals surface area contributed by atoms with Crippen molar-refractivity contribution in [1.29, 1.82) is 0 Å². The maximum atomic E-state index is 9.07. The fourth-order valence-corrected chi connectivity index (χ4v) is 2.03. The minimum Gasteiger partial charge on any atom is -0.368 e. The second-order valence-corrected chi connectivity index (χ2v) is 4.27. The van der Waals surface area contributed by atoms with Crippen LogP contribution in [0.3, 0.4) is 0 Å². The summed E-state index contributed by atoms with van der Waals surface area (Å²) in [5, 5.41) is 18.1. The molecule has 0 aliphatic carbocycles. The Morgan fingerprint density at radius 2 is 1.92 bits per heavy atom. The molecule has 2 unspecified atom stereocenters. The van der Waals surface area contributed by atoms with Gasteiger partial charge in [-0.15, -0.1) is 0 Å². The maximum absolute atomic E-state index is 9.07. The average Bonchev–Trinajstić information content (AvgIpc) is 2.28. The monoisotopic (exact) mass is 187 g/mol. The van der Waals surface area contributed by atoms with Gasteiger partial charge < -0.3 is 15.1 Å². The molecule has 0 aromatic carbocycles. The van der Waals surface area contributed by atoms with Crippen LogP contribution in [0.1, 0.15) is 26.2 Å². The van der Waals surface area contributed by atoms with Crippen molar-refractivity contribution in [2.45, 2.75) is 32.5 Å². The van der Waals surface area contributed by atoms with Crippen molar-refractivity contribution < 1.29 is 10.2 Å². The van der Waals surface area contributed by atoms with Gasteiger partial charge in [-0.25, -0.2) is 0 Å². The van der Waals surface area contributed by atoms with E-state index in [9.17, 15) is 0 Å². The van der Waals surface area contributed by atoms with Crippen LogP contribution in [0.2, 0.25) is 0 Å². The number of aliphatic hydroxyl groups is 2. The minimum atomic E-state index is -1.14. The molecule has 2 atom stereocenters. The Bertz CT molecular complexity index is 150. The normalized spacial score (nSPS) is 28.8. The first kappa shape index (κ1) is 11.0. The van der Waals surface area contributed by atoms with Crippen molar-refractivity contribution >= 4 is 0 Å². The van der Waals surface area contributed by atoms with Crippen LogP contribution in [0.4, 0.5) is 0 Å². The highest BCUT2D eigenvalue weighted by atomic mass is 16.5. The molecular weight excluding hydrogens is 166 g/mol. The summed E-state index contributed by atoms with van der Waals surface area (Å²) in [5.41, 5.74) is 0. The van der Waals surface area contributed by atoms with E-state index in [1.165, 1.54) is 6.42 Å². The third kappa shape index (κ3) is 3.25. The van der Waals surface area contributed by atoms with Gasteiger partial charge in [-0.05, 0) is 45.3 Å². The van der Waals surface area contributed by atoms with Crippen molar-refractivity contribution in [3.63, 3.8) is 0 Å². The van der Waals surface area contributed by atoms with Gasteiger partial charge in [-0.1, -0.05) is 6.92 Å². The Morgan fingerprint density at radius 1 is 1.23 bits per heavy atom. The summed E-state index contributed by atoms with van der Waals surface area (Å²) in [4.78, 5) is 2.32. The first-order valence-electron chi connectivity index (χ1n) is 5.16. The van der Waals surface area contributed by atoms with Crippen LogP contribution in [0, 0.1) is 11.8 Å². The molecule has 1 aliphatic heterocycles. The molecule has 2 N–H and O–H groups in total. The number of rotatable bonds is 2. The Balaban J connectivity index is 2.41. The summed E-state index contributed by atoms with van der Waals surface area (Å²) < 4.78 is 0. The number of nitrogens with zero attached hydrogens (tertiary/aromatic N) is 1. The zero-order valence-corrected chi connectivity index (χ0v) is 8.61. The second-order valence-electron chi connectivity index (χ2n) is 4.27. The van der Waals surface area contributed by atoms with Gasteiger partial charge in [0.25, 0.3) is 0 Å². The molecular formula is C10H21NO2. The lowest BCUT2D eigenvalue weighted by molar-refractivity contribution is -0.0958. The van der Waals surface area contributed by atoms with Gasteiger partial charge >= 0.3 is 0 Å². The summed E-state index contributed by atoms with van der Waals surface area (Å²) in [7, 11) is 2.13. The molecule has 3 heteroatoms. The Morgan fingerprint density at radius 3 is 2.54 bits per heavy atom. The molecule has 0 spiro atoms. The van der Waals surface area contributed by atoms with Gasteiger partial charge in [0.15, 0.2) is 6.29 Å². The van der Waals surface area contributed by atoms with E-state index in [0.717, 1.165) is 25.9 Å². The van der Waals surface area contributed by atoms with E-state index in [1.807, 2.05) is 6.92 Å². The SMILES string of the molecule is CC(C(O)O)C1CCCN(C)CC1. The number of likely N-dealkylation sites (tertiary alicyclic amines) is 1. The van der Waals surface area contributed by atoms with E-state index in [4.69, 9.17) is 10.2 Å². The third-order valence-electron chi connectivity index (χ3n) is 3.21. The quantitative estimate of drug-likeness (QED) is 0.624.